The second kappa shape index (κ2) is 13.7. The normalized spacial score (nSPS) is 20.4. The average molecular weight is 765 g/mol. The fraction of sp³-hybridized carbons (Fsp3) is 0.355. The van der Waals surface area contributed by atoms with Crippen molar-refractivity contribution >= 4 is 37.8 Å². The number of alkyl halides is 5. The number of benzene rings is 3. The standard InChI is InChI=1S/C31H28BrF6N3O6S/c32-20-8-6-19(7-9-20)30(34,35)27(28(42)40-23-12-13-24(40)15-22(39)14-23)41(47-29(43)31(36,37)38)48(44,45)26-3-1-2-25(16-26)46-17-18-4-10-21(33)11-5-18/h1-11,16,22-24,27H,12-15,17,39H2/t22?,23?,24?,27-/m1/s1. The summed E-state index contributed by atoms with van der Waals surface area (Å²) in [7, 11) is -5.68. The van der Waals surface area contributed by atoms with Gasteiger partial charge in [0, 0.05) is 34.2 Å². The monoisotopic (exact) mass is 763 g/mol. The lowest BCUT2D eigenvalue weighted by molar-refractivity contribution is -0.240. The van der Waals surface area contributed by atoms with Crippen LogP contribution in [0.2, 0.25) is 0 Å². The van der Waals surface area contributed by atoms with Crippen molar-refractivity contribution in [1.82, 2.24) is 9.37 Å². The molecule has 1 amide bonds. The molecule has 0 aromatic heterocycles. The minimum Gasteiger partial charge on any atom is -0.489 e. The molecule has 0 radical (unpaired) electrons. The van der Waals surface area contributed by atoms with Gasteiger partial charge in [-0.15, -0.1) is 0 Å². The van der Waals surface area contributed by atoms with Crippen molar-refractivity contribution in [3.05, 3.63) is 94.2 Å². The number of carbonyl (C=O) groups is 2. The summed E-state index contributed by atoms with van der Waals surface area (Å²) in [6.07, 6.45) is -4.81. The number of hydrogen-bond acceptors (Lipinski definition) is 7. The zero-order valence-corrected chi connectivity index (χ0v) is 27.2. The molecule has 5 rings (SSSR count). The lowest BCUT2D eigenvalue weighted by Crippen LogP contribution is -2.62. The first kappa shape index (κ1) is 35.6. The highest BCUT2D eigenvalue weighted by atomic mass is 79.9. The Balaban J connectivity index is 1.61. The predicted molar refractivity (Wildman–Crippen MR) is 161 cm³/mol. The zero-order valence-electron chi connectivity index (χ0n) is 24.7. The highest BCUT2D eigenvalue weighted by Gasteiger charge is 2.60. The van der Waals surface area contributed by atoms with Crippen LogP contribution in [0.4, 0.5) is 26.3 Å². The maximum absolute atomic E-state index is 16.7. The van der Waals surface area contributed by atoms with Crippen LogP contribution in [0.3, 0.4) is 0 Å². The van der Waals surface area contributed by atoms with Gasteiger partial charge in [-0.2, -0.15) is 22.0 Å². The van der Waals surface area contributed by atoms with E-state index in [4.69, 9.17) is 10.5 Å². The molecule has 0 saturated carbocycles. The second-order valence-electron chi connectivity index (χ2n) is 11.4. The predicted octanol–water partition coefficient (Wildman–Crippen LogP) is 5.82. The number of rotatable bonds is 10. The second-order valence-corrected chi connectivity index (χ2v) is 14.1. The quantitative estimate of drug-likeness (QED) is 0.204. The molecule has 3 aromatic carbocycles. The summed E-state index contributed by atoms with van der Waals surface area (Å²) in [5, 5.41) is 0. The van der Waals surface area contributed by atoms with Gasteiger partial charge in [0.15, 0.2) is 0 Å². The largest absolute Gasteiger partial charge is 0.492 e. The number of nitrogens with two attached hydrogens (primary N) is 1. The molecular formula is C31H28BrF6N3O6S. The highest BCUT2D eigenvalue weighted by molar-refractivity contribution is 9.10. The summed E-state index contributed by atoms with van der Waals surface area (Å²) in [4.78, 5) is 30.8. The molecule has 9 nitrogen and oxygen atoms in total. The number of amides is 1. The van der Waals surface area contributed by atoms with E-state index in [1.54, 1.807) is 0 Å². The lowest BCUT2D eigenvalue weighted by atomic mass is 9.94. The van der Waals surface area contributed by atoms with Crippen molar-refractivity contribution in [1.29, 1.82) is 0 Å². The van der Waals surface area contributed by atoms with Crippen LogP contribution in [0.1, 0.15) is 36.8 Å². The van der Waals surface area contributed by atoms with Gasteiger partial charge in [0.05, 0.1) is 4.90 Å². The fourth-order valence-corrected chi connectivity index (χ4v) is 7.53. The van der Waals surface area contributed by atoms with Crippen LogP contribution in [0.25, 0.3) is 0 Å². The molecular weight excluding hydrogens is 736 g/mol. The van der Waals surface area contributed by atoms with Crippen molar-refractivity contribution < 1.29 is 53.9 Å². The van der Waals surface area contributed by atoms with Crippen molar-refractivity contribution in [2.75, 3.05) is 0 Å². The van der Waals surface area contributed by atoms with Crippen molar-refractivity contribution in [2.24, 2.45) is 5.73 Å². The number of fused-ring (bicyclic) bond motifs is 2. The number of ether oxygens (including phenoxy) is 1. The molecule has 0 spiro atoms. The SMILES string of the molecule is NC1CC2CCC(C1)N2C(=O)[C@@H](N(OC(=O)C(F)(F)F)S(=O)(=O)c1cccc(OCc2ccc(F)cc2)c1)C(F)(F)c1ccc(Br)cc1. The lowest BCUT2D eigenvalue weighted by Gasteiger charge is -2.42. The molecule has 0 aliphatic carbocycles. The van der Waals surface area contributed by atoms with E-state index in [0.717, 1.165) is 59.5 Å². The number of halogens is 7. The molecule has 2 unspecified atom stereocenters. The van der Waals surface area contributed by atoms with Crippen molar-refractivity contribution in [3.8, 4) is 5.75 Å². The first-order valence-corrected chi connectivity index (χ1v) is 16.7. The molecule has 258 valence electrons. The third-order valence-electron chi connectivity index (χ3n) is 8.10. The van der Waals surface area contributed by atoms with Crippen molar-refractivity contribution in [3.63, 3.8) is 0 Å². The Labute approximate surface area is 279 Å². The number of sulfonamides is 1. The Kier molecular flexibility index (Phi) is 10.2. The molecule has 2 saturated heterocycles. The van der Waals surface area contributed by atoms with Gasteiger partial charge in [-0.1, -0.05) is 46.3 Å². The molecule has 2 N–H and O–H groups in total. The van der Waals surface area contributed by atoms with Crippen LogP contribution >= 0.6 is 15.9 Å². The van der Waals surface area contributed by atoms with E-state index < -0.39 is 78.9 Å². The van der Waals surface area contributed by atoms with E-state index in [0.29, 0.717) is 22.9 Å². The maximum atomic E-state index is 16.7. The summed E-state index contributed by atoms with van der Waals surface area (Å²) < 4.78 is 121. The number of hydrogen-bond donors (Lipinski definition) is 1. The third-order valence-corrected chi connectivity index (χ3v) is 10.2. The van der Waals surface area contributed by atoms with Gasteiger partial charge in [0.2, 0.25) is 6.04 Å². The number of nitrogens with zero attached hydrogens (tertiary/aromatic N) is 2. The molecule has 2 bridgehead atoms. The smallest absolute Gasteiger partial charge is 0.489 e. The van der Waals surface area contributed by atoms with Crippen LogP contribution in [-0.2, 0) is 37.0 Å². The van der Waals surface area contributed by atoms with E-state index in [1.165, 1.54) is 18.2 Å². The molecule has 3 aromatic rings. The van der Waals surface area contributed by atoms with Crippen LogP contribution in [-0.4, -0.2) is 60.0 Å². The van der Waals surface area contributed by atoms with E-state index in [-0.39, 0.29) is 25.2 Å². The maximum Gasteiger partial charge on any atom is 0.492 e. The van der Waals surface area contributed by atoms with Crippen LogP contribution in [0, 0.1) is 5.82 Å². The number of hydroxylamine groups is 1. The summed E-state index contributed by atoms with van der Waals surface area (Å²) >= 11 is 3.09. The van der Waals surface area contributed by atoms with Crippen LogP contribution < -0.4 is 10.5 Å². The molecule has 48 heavy (non-hydrogen) atoms. The topological polar surface area (TPSA) is 119 Å². The van der Waals surface area contributed by atoms with Gasteiger partial charge in [0.1, 0.15) is 18.2 Å². The van der Waals surface area contributed by atoms with Gasteiger partial charge in [0.25, 0.3) is 15.9 Å². The Morgan fingerprint density at radius 2 is 1.56 bits per heavy atom. The van der Waals surface area contributed by atoms with Gasteiger partial charge in [-0.3, -0.25) is 4.79 Å². The van der Waals surface area contributed by atoms with E-state index in [2.05, 4.69) is 20.8 Å². The van der Waals surface area contributed by atoms with E-state index in [1.807, 2.05) is 0 Å². The van der Waals surface area contributed by atoms with Crippen LogP contribution in [0.15, 0.2) is 82.2 Å². The first-order valence-electron chi connectivity index (χ1n) is 14.5. The third kappa shape index (κ3) is 7.48. The molecule has 2 aliphatic rings. The molecule has 2 aliphatic heterocycles. The molecule has 2 fully saturated rings. The minimum absolute atomic E-state index is 0.182. The van der Waals surface area contributed by atoms with Gasteiger partial charge >= 0.3 is 18.1 Å². The van der Waals surface area contributed by atoms with Gasteiger partial charge in [-0.25, -0.2) is 17.6 Å². The fourth-order valence-electron chi connectivity index (χ4n) is 5.88. The zero-order chi connectivity index (χ0) is 35.0. The van der Waals surface area contributed by atoms with Gasteiger partial charge < -0.3 is 20.2 Å². The average Bonchev–Trinajstić information content (AvgIpc) is 3.30. The summed E-state index contributed by atoms with van der Waals surface area (Å²) in [5.74, 6) is -9.97. The Bertz CT molecular complexity index is 1750. The first-order chi connectivity index (χ1) is 22.5. The Morgan fingerprint density at radius 1 is 0.958 bits per heavy atom. The van der Waals surface area contributed by atoms with Crippen molar-refractivity contribution in [2.45, 2.75) is 73.5 Å². The number of carbonyl (C=O) groups excluding carboxylic acids is 2. The summed E-state index contributed by atoms with van der Waals surface area (Å²) in [6.45, 7) is -0.209. The molecule has 2 heterocycles. The minimum atomic E-state index is -5.84. The highest BCUT2D eigenvalue weighted by Crippen LogP contribution is 2.43. The van der Waals surface area contributed by atoms with E-state index >= 15 is 8.78 Å². The Hall–Kier alpha value is -3.67. The van der Waals surface area contributed by atoms with Gasteiger partial charge in [-0.05, 0) is 72.1 Å². The molecule has 3 atom stereocenters. The Morgan fingerprint density at radius 3 is 2.15 bits per heavy atom. The van der Waals surface area contributed by atoms with E-state index in [9.17, 15) is 35.6 Å². The number of piperidine rings is 1. The molecule has 17 heteroatoms. The summed E-state index contributed by atoms with van der Waals surface area (Å²) in [5.41, 5.74) is 5.59. The summed E-state index contributed by atoms with van der Waals surface area (Å²) in [6, 6.07) is 8.00. The van der Waals surface area contributed by atoms with Crippen LogP contribution in [0.5, 0.6) is 5.75 Å².